The first kappa shape index (κ1) is 16.3. The molecule has 1 atom stereocenters. The van der Waals surface area contributed by atoms with E-state index in [1.807, 2.05) is 0 Å². The molecule has 0 radical (unpaired) electrons. The van der Waals surface area contributed by atoms with Crippen molar-refractivity contribution in [1.82, 2.24) is 10.2 Å². The summed E-state index contributed by atoms with van der Waals surface area (Å²) in [6.07, 6.45) is 9.85. The smallest absolute Gasteiger partial charge is 0.328 e. The van der Waals surface area contributed by atoms with E-state index < -0.39 is 0 Å². The second-order valence-electron chi connectivity index (χ2n) is 6.49. The summed E-state index contributed by atoms with van der Waals surface area (Å²) in [5, 5.41) is 3.02. The van der Waals surface area contributed by atoms with Gasteiger partial charge in [0.15, 0.2) is 6.67 Å². The normalized spacial score (nSPS) is 24.2. The number of rotatable bonds is 7. The fourth-order valence-corrected chi connectivity index (χ4v) is 3.32. The van der Waals surface area contributed by atoms with Gasteiger partial charge in [-0.05, 0) is 25.7 Å². The van der Waals surface area contributed by atoms with E-state index in [1.165, 1.54) is 48.3 Å². The van der Waals surface area contributed by atoms with E-state index in [1.54, 1.807) is 0 Å². The zero-order chi connectivity index (χ0) is 15.1. The lowest BCUT2D eigenvalue weighted by molar-refractivity contribution is -0.912. The van der Waals surface area contributed by atoms with E-state index in [0.717, 1.165) is 25.9 Å². The Morgan fingerprint density at radius 3 is 2.57 bits per heavy atom. The van der Waals surface area contributed by atoms with Crippen molar-refractivity contribution in [2.24, 2.45) is 0 Å². The van der Waals surface area contributed by atoms with Crippen molar-refractivity contribution >= 4 is 11.9 Å². The maximum atomic E-state index is 12.2. The first-order chi connectivity index (χ1) is 10.2. The van der Waals surface area contributed by atoms with Gasteiger partial charge in [-0.25, -0.2) is 9.69 Å². The van der Waals surface area contributed by atoms with Gasteiger partial charge in [-0.2, -0.15) is 0 Å². The Morgan fingerprint density at radius 2 is 1.90 bits per heavy atom. The van der Waals surface area contributed by atoms with E-state index >= 15 is 0 Å². The fourth-order valence-electron chi connectivity index (χ4n) is 3.32. The summed E-state index contributed by atoms with van der Waals surface area (Å²) in [4.78, 5) is 27.2. The third-order valence-electron chi connectivity index (χ3n) is 4.64. The Kier molecular flexibility index (Phi) is 6.49. The van der Waals surface area contributed by atoms with Crippen LogP contribution >= 0.6 is 0 Å². The van der Waals surface area contributed by atoms with Crippen molar-refractivity contribution in [1.29, 1.82) is 0 Å². The molecule has 2 saturated heterocycles. The molecular formula is C16H30N3O2+. The largest absolute Gasteiger partial charge is 0.334 e. The molecule has 0 aromatic carbocycles. The highest BCUT2D eigenvalue weighted by Gasteiger charge is 2.34. The van der Waals surface area contributed by atoms with Gasteiger partial charge >= 0.3 is 6.03 Å². The quantitative estimate of drug-likeness (QED) is 0.696. The van der Waals surface area contributed by atoms with Crippen molar-refractivity contribution in [2.75, 3.05) is 19.8 Å². The minimum absolute atomic E-state index is 0.0114. The van der Waals surface area contributed by atoms with Crippen LogP contribution in [0, 0.1) is 0 Å². The third kappa shape index (κ3) is 4.99. The third-order valence-corrected chi connectivity index (χ3v) is 4.64. The SMILES string of the molecule is CCCCCC[C@@H]1CC(=O)N(C[NH+]2CCCCC2)C(=O)N1. The molecule has 5 heteroatoms. The summed E-state index contributed by atoms with van der Waals surface area (Å²) in [5.41, 5.74) is 0. The summed E-state index contributed by atoms with van der Waals surface area (Å²) in [6.45, 7) is 4.90. The number of carbonyl (C=O) groups is 2. The number of nitrogens with one attached hydrogen (secondary N) is 2. The molecule has 2 aliphatic heterocycles. The molecule has 2 fully saturated rings. The second kappa shape index (κ2) is 8.37. The molecule has 2 N–H and O–H groups in total. The number of urea groups is 1. The average Bonchev–Trinajstić information content (AvgIpc) is 2.48. The van der Waals surface area contributed by atoms with Crippen LogP contribution in [0.2, 0.25) is 0 Å². The molecule has 2 rings (SSSR count). The average molecular weight is 296 g/mol. The molecule has 21 heavy (non-hydrogen) atoms. The molecule has 120 valence electrons. The van der Waals surface area contributed by atoms with Crippen LogP contribution in [-0.2, 0) is 4.79 Å². The molecule has 0 spiro atoms. The van der Waals surface area contributed by atoms with E-state index in [2.05, 4.69) is 12.2 Å². The van der Waals surface area contributed by atoms with Gasteiger partial charge in [-0.15, -0.1) is 0 Å². The molecule has 0 bridgehead atoms. The summed E-state index contributed by atoms with van der Waals surface area (Å²) >= 11 is 0. The Balaban J connectivity index is 1.76. The number of piperidine rings is 1. The highest BCUT2D eigenvalue weighted by atomic mass is 16.2. The lowest BCUT2D eigenvalue weighted by Crippen LogP contribution is -3.14. The number of amides is 3. The molecule has 0 saturated carbocycles. The van der Waals surface area contributed by atoms with Crippen molar-refractivity contribution < 1.29 is 14.5 Å². The van der Waals surface area contributed by atoms with Crippen LogP contribution in [0.4, 0.5) is 4.79 Å². The van der Waals surface area contributed by atoms with Crippen LogP contribution < -0.4 is 10.2 Å². The molecule has 0 aromatic rings. The fraction of sp³-hybridized carbons (Fsp3) is 0.875. The Labute approximate surface area is 128 Å². The maximum Gasteiger partial charge on any atom is 0.328 e. The number of hydrogen-bond donors (Lipinski definition) is 2. The van der Waals surface area contributed by atoms with Gasteiger partial charge in [0.05, 0.1) is 13.1 Å². The predicted octanol–water partition coefficient (Wildman–Crippen LogP) is 1.29. The van der Waals surface area contributed by atoms with Crippen molar-refractivity contribution in [3.63, 3.8) is 0 Å². The number of carbonyl (C=O) groups excluding carboxylic acids is 2. The number of imide groups is 1. The Morgan fingerprint density at radius 1 is 1.14 bits per heavy atom. The number of quaternary nitrogens is 1. The number of unbranched alkanes of at least 4 members (excludes halogenated alkanes) is 3. The van der Waals surface area contributed by atoms with E-state index in [4.69, 9.17) is 0 Å². The van der Waals surface area contributed by atoms with Crippen LogP contribution in [0.25, 0.3) is 0 Å². The monoisotopic (exact) mass is 296 g/mol. The molecule has 0 aromatic heterocycles. The van der Waals surface area contributed by atoms with Gasteiger partial charge in [-0.1, -0.05) is 32.6 Å². The Hall–Kier alpha value is -1.10. The van der Waals surface area contributed by atoms with Gasteiger partial charge in [0.2, 0.25) is 5.91 Å². The number of nitrogens with zero attached hydrogens (tertiary/aromatic N) is 1. The lowest BCUT2D eigenvalue weighted by Gasteiger charge is -2.34. The standard InChI is InChI=1S/C16H29N3O2/c1-2-3-4-6-9-14-12-15(20)19(16(21)17-14)13-18-10-7-5-8-11-18/h14H,2-13H2,1H3,(H,17,21)/p+1/t14-/m1/s1. The maximum absolute atomic E-state index is 12.2. The molecular weight excluding hydrogens is 266 g/mol. The molecule has 0 aliphatic carbocycles. The van der Waals surface area contributed by atoms with Crippen molar-refractivity contribution in [3.05, 3.63) is 0 Å². The van der Waals surface area contributed by atoms with Gasteiger partial charge in [0.25, 0.3) is 0 Å². The lowest BCUT2D eigenvalue weighted by atomic mass is 10.0. The zero-order valence-corrected chi connectivity index (χ0v) is 13.3. The van der Waals surface area contributed by atoms with Gasteiger partial charge in [0, 0.05) is 12.5 Å². The molecule has 0 unspecified atom stereocenters. The number of likely N-dealkylation sites (tertiary alicyclic amines) is 1. The van der Waals surface area contributed by atoms with Gasteiger partial charge < -0.3 is 10.2 Å². The molecule has 5 nitrogen and oxygen atoms in total. The minimum Gasteiger partial charge on any atom is -0.334 e. The van der Waals surface area contributed by atoms with Crippen molar-refractivity contribution in [2.45, 2.75) is 70.8 Å². The molecule has 3 amide bonds. The van der Waals surface area contributed by atoms with Gasteiger partial charge in [-0.3, -0.25) is 4.79 Å². The highest BCUT2D eigenvalue weighted by Crippen LogP contribution is 2.13. The first-order valence-electron chi connectivity index (χ1n) is 8.65. The van der Waals surface area contributed by atoms with Crippen LogP contribution in [0.5, 0.6) is 0 Å². The summed E-state index contributed by atoms with van der Waals surface area (Å²) in [5.74, 6) is 0.0114. The molecule has 2 aliphatic rings. The minimum atomic E-state index is -0.176. The highest BCUT2D eigenvalue weighted by molar-refractivity contribution is 5.97. The zero-order valence-electron chi connectivity index (χ0n) is 13.3. The topological polar surface area (TPSA) is 53.9 Å². The predicted molar refractivity (Wildman–Crippen MR) is 82.0 cm³/mol. The van der Waals surface area contributed by atoms with E-state index in [-0.39, 0.29) is 18.0 Å². The Bertz CT molecular complexity index is 335. The van der Waals surface area contributed by atoms with E-state index in [9.17, 15) is 9.59 Å². The first-order valence-corrected chi connectivity index (χ1v) is 8.65. The summed E-state index contributed by atoms with van der Waals surface area (Å²) in [7, 11) is 0. The van der Waals surface area contributed by atoms with Crippen LogP contribution in [0.3, 0.4) is 0 Å². The van der Waals surface area contributed by atoms with Gasteiger partial charge in [0.1, 0.15) is 0 Å². The molecule has 2 heterocycles. The summed E-state index contributed by atoms with van der Waals surface area (Å²) < 4.78 is 0. The second-order valence-corrected chi connectivity index (χ2v) is 6.49. The van der Waals surface area contributed by atoms with E-state index in [0.29, 0.717) is 13.1 Å². The number of hydrogen-bond acceptors (Lipinski definition) is 2. The van der Waals surface area contributed by atoms with Crippen LogP contribution in [0.15, 0.2) is 0 Å². The van der Waals surface area contributed by atoms with Crippen molar-refractivity contribution in [3.8, 4) is 0 Å². The van der Waals surface area contributed by atoms with Crippen LogP contribution in [0.1, 0.15) is 64.7 Å². The van der Waals surface area contributed by atoms with Crippen LogP contribution in [-0.4, -0.2) is 42.6 Å². The summed E-state index contributed by atoms with van der Waals surface area (Å²) in [6, 6.07) is -0.126.